The first kappa shape index (κ1) is 27.7. The van der Waals surface area contributed by atoms with E-state index in [4.69, 9.17) is 18.6 Å². The van der Waals surface area contributed by atoms with Crippen LogP contribution >= 0.6 is 0 Å². The van der Waals surface area contributed by atoms with Crippen molar-refractivity contribution in [1.82, 2.24) is 4.98 Å². The van der Waals surface area contributed by atoms with Gasteiger partial charge in [0.05, 0.1) is 11.2 Å². The highest BCUT2D eigenvalue weighted by Gasteiger charge is 2.50. The zero-order valence-corrected chi connectivity index (χ0v) is 23.2. The van der Waals surface area contributed by atoms with E-state index in [2.05, 4.69) is 10.3 Å². The van der Waals surface area contributed by atoms with Crippen molar-refractivity contribution in [3.63, 3.8) is 0 Å². The zero-order valence-electron chi connectivity index (χ0n) is 23.2. The Morgan fingerprint density at radius 1 is 0.952 bits per heavy atom. The summed E-state index contributed by atoms with van der Waals surface area (Å²) in [6.45, 7) is 3.46. The van der Waals surface area contributed by atoms with Gasteiger partial charge in [-0.05, 0) is 49.7 Å². The van der Waals surface area contributed by atoms with Crippen LogP contribution < -0.4 is 15.7 Å². The molecule has 42 heavy (non-hydrogen) atoms. The molecule has 4 unspecified atom stereocenters. The largest absolute Gasteiger partial charge is 0.461 e. The number of hydrogen-bond acceptors (Lipinski definition) is 8. The molecule has 5 aromatic rings. The monoisotopic (exact) mass is 570 g/mol. The molecule has 0 aliphatic carbocycles. The second-order valence-electron chi connectivity index (χ2n) is 10.7. The molecule has 0 radical (unpaired) electrons. The number of carbonyl (C=O) groups excluding carboxylic acids is 1. The minimum atomic E-state index is -1.42. The smallest absolute Gasteiger partial charge is 0.360 e. The van der Waals surface area contributed by atoms with Crippen LogP contribution in [-0.2, 0) is 9.47 Å². The van der Waals surface area contributed by atoms with Gasteiger partial charge in [0.25, 0.3) is 5.91 Å². The molecule has 10 heteroatoms. The lowest BCUT2D eigenvalue weighted by atomic mass is 9.89. The van der Waals surface area contributed by atoms with Crippen LogP contribution in [-0.4, -0.2) is 58.4 Å². The molecule has 4 N–H and O–H groups in total. The number of hydrogen-bond donors (Lipinski definition) is 4. The average Bonchev–Trinajstić information content (AvgIpc) is 3.41. The minimum absolute atomic E-state index is 0.0275. The van der Waals surface area contributed by atoms with E-state index in [9.17, 15) is 19.8 Å². The lowest BCUT2D eigenvalue weighted by Crippen LogP contribution is -2.63. The summed E-state index contributed by atoms with van der Waals surface area (Å²) in [6, 6.07) is 23.2. The third kappa shape index (κ3) is 4.94. The van der Waals surface area contributed by atoms with Gasteiger partial charge >= 0.3 is 5.63 Å². The highest BCUT2D eigenvalue weighted by atomic mass is 16.7. The summed E-state index contributed by atoms with van der Waals surface area (Å²) >= 11 is 0. The summed E-state index contributed by atoms with van der Waals surface area (Å²) in [7, 11) is 1.43. The van der Waals surface area contributed by atoms with Crippen molar-refractivity contribution >= 4 is 33.5 Å². The van der Waals surface area contributed by atoms with E-state index < -0.39 is 41.7 Å². The molecule has 3 aromatic carbocycles. The van der Waals surface area contributed by atoms with Gasteiger partial charge in [-0.1, -0.05) is 48.5 Å². The van der Waals surface area contributed by atoms with Crippen molar-refractivity contribution in [2.75, 3.05) is 12.4 Å². The third-order valence-corrected chi connectivity index (χ3v) is 7.49. The van der Waals surface area contributed by atoms with Gasteiger partial charge in [-0.25, -0.2) is 4.79 Å². The Balaban J connectivity index is 1.38. The summed E-state index contributed by atoms with van der Waals surface area (Å²) in [4.78, 5) is 29.2. The predicted octanol–water partition coefficient (Wildman–Crippen LogP) is 4.44. The van der Waals surface area contributed by atoms with Crippen molar-refractivity contribution in [3.8, 4) is 16.9 Å². The number of carbonyl (C=O) groups is 1. The first-order chi connectivity index (χ1) is 20.2. The van der Waals surface area contributed by atoms with Crippen molar-refractivity contribution in [3.05, 3.63) is 95.0 Å². The number of fused-ring (bicyclic) bond motifs is 2. The minimum Gasteiger partial charge on any atom is -0.461 e. The maximum Gasteiger partial charge on any atom is 0.360 e. The molecule has 0 saturated carbocycles. The van der Waals surface area contributed by atoms with E-state index in [1.807, 2.05) is 54.6 Å². The Bertz CT molecular complexity index is 1790. The van der Waals surface area contributed by atoms with E-state index in [0.29, 0.717) is 22.2 Å². The lowest BCUT2D eigenvalue weighted by molar-refractivity contribution is -0.305. The summed E-state index contributed by atoms with van der Waals surface area (Å²) < 4.78 is 23.3. The lowest BCUT2D eigenvalue weighted by Gasteiger charge is -2.46. The van der Waals surface area contributed by atoms with Crippen LogP contribution in [0.5, 0.6) is 5.75 Å². The van der Waals surface area contributed by atoms with E-state index in [0.717, 1.165) is 10.9 Å². The van der Waals surface area contributed by atoms with Gasteiger partial charge in [-0.2, -0.15) is 0 Å². The maximum absolute atomic E-state index is 13.2. The molecule has 4 atom stereocenters. The van der Waals surface area contributed by atoms with E-state index in [-0.39, 0.29) is 17.0 Å². The molecule has 3 heterocycles. The van der Waals surface area contributed by atoms with Crippen LogP contribution in [0.15, 0.2) is 88.1 Å². The fourth-order valence-electron chi connectivity index (χ4n) is 5.44. The fraction of sp³-hybridized carbons (Fsp3) is 0.250. The Kier molecular flexibility index (Phi) is 7.07. The van der Waals surface area contributed by atoms with Crippen LogP contribution in [0.25, 0.3) is 33.0 Å². The third-order valence-electron chi connectivity index (χ3n) is 7.49. The Morgan fingerprint density at radius 2 is 1.69 bits per heavy atom. The van der Waals surface area contributed by atoms with Crippen LogP contribution in [0.3, 0.4) is 0 Å². The normalized spacial score (nSPS) is 21.8. The number of ether oxygens (including phenoxy) is 3. The quantitative estimate of drug-likeness (QED) is 0.219. The van der Waals surface area contributed by atoms with E-state index in [1.54, 1.807) is 38.1 Å². The number of aliphatic hydroxyl groups is 2. The number of para-hydroxylation sites is 1. The number of amides is 1. The number of methoxy groups -OCH3 is 1. The van der Waals surface area contributed by atoms with E-state index in [1.165, 1.54) is 7.11 Å². The number of benzene rings is 3. The first-order valence-corrected chi connectivity index (χ1v) is 13.4. The topological polar surface area (TPSA) is 143 Å². The number of anilines is 1. The van der Waals surface area contributed by atoms with Gasteiger partial charge in [0.1, 0.15) is 41.0 Å². The number of aromatic nitrogens is 1. The summed E-state index contributed by atoms with van der Waals surface area (Å²) in [5.74, 6) is -0.227. The van der Waals surface area contributed by atoms with Crippen molar-refractivity contribution < 1.29 is 33.6 Å². The molecule has 1 saturated heterocycles. The standard InChI is InChI=1S/C32H30N2O8/c1-32(2)28(39-3)25(35)26(36)31(42-32)40-23-14-13-19-16-22(30(38)41-27(19)24(23)17-9-5-4-6-10-17)34-29(37)21-15-18-11-7-8-12-20(18)33-21/h4-16,25-26,28,31,33,35-36H,1-3H3,(H,34,37). The fourth-order valence-corrected chi connectivity index (χ4v) is 5.44. The Labute approximate surface area is 240 Å². The second-order valence-corrected chi connectivity index (χ2v) is 10.7. The molecule has 216 valence electrons. The van der Waals surface area contributed by atoms with Gasteiger partial charge in [0.15, 0.2) is 0 Å². The molecule has 0 spiro atoms. The molecule has 1 aliphatic rings. The highest BCUT2D eigenvalue weighted by molar-refractivity contribution is 6.06. The van der Waals surface area contributed by atoms with Crippen LogP contribution in [0, 0.1) is 0 Å². The molecule has 1 fully saturated rings. The first-order valence-electron chi connectivity index (χ1n) is 13.4. The molecular weight excluding hydrogens is 540 g/mol. The van der Waals surface area contributed by atoms with Gasteiger partial charge in [0, 0.05) is 23.4 Å². The van der Waals surface area contributed by atoms with Crippen LogP contribution in [0.4, 0.5) is 5.69 Å². The summed E-state index contributed by atoms with van der Waals surface area (Å²) in [5.41, 5.74) is 0.672. The van der Waals surface area contributed by atoms with Gasteiger partial charge in [-0.3, -0.25) is 4.79 Å². The highest BCUT2D eigenvalue weighted by Crippen LogP contribution is 2.40. The molecule has 1 amide bonds. The van der Waals surface area contributed by atoms with Crippen LogP contribution in [0.1, 0.15) is 24.3 Å². The van der Waals surface area contributed by atoms with E-state index >= 15 is 0 Å². The van der Waals surface area contributed by atoms with Gasteiger partial charge in [0.2, 0.25) is 6.29 Å². The van der Waals surface area contributed by atoms with Crippen molar-refractivity contribution in [2.24, 2.45) is 0 Å². The number of aliphatic hydroxyl groups excluding tert-OH is 2. The molecule has 2 aromatic heterocycles. The van der Waals surface area contributed by atoms with Crippen molar-refractivity contribution in [2.45, 2.75) is 44.1 Å². The molecule has 6 rings (SSSR count). The second kappa shape index (κ2) is 10.7. The molecule has 0 bridgehead atoms. The number of H-pyrrole nitrogens is 1. The van der Waals surface area contributed by atoms with Crippen LogP contribution in [0.2, 0.25) is 0 Å². The summed E-state index contributed by atoms with van der Waals surface area (Å²) in [5, 5.41) is 25.6. The number of aromatic amines is 1. The SMILES string of the molecule is COC1C(O)C(O)C(Oc2ccc3cc(NC(=O)c4cc5ccccc5[nH]4)c(=O)oc3c2-c2ccccc2)OC1(C)C. The summed E-state index contributed by atoms with van der Waals surface area (Å²) in [6.07, 6.45) is -4.72. The predicted molar refractivity (Wildman–Crippen MR) is 157 cm³/mol. The number of nitrogens with one attached hydrogen (secondary N) is 2. The molecular formula is C32H30N2O8. The Hall–Kier alpha value is -4.48. The molecule has 1 aliphatic heterocycles. The van der Waals surface area contributed by atoms with Gasteiger partial charge < -0.3 is 39.1 Å². The Morgan fingerprint density at radius 3 is 2.43 bits per heavy atom. The average molecular weight is 571 g/mol. The maximum atomic E-state index is 13.2. The number of rotatable bonds is 6. The van der Waals surface area contributed by atoms with Crippen molar-refractivity contribution in [1.29, 1.82) is 0 Å². The van der Waals surface area contributed by atoms with Gasteiger partial charge in [-0.15, -0.1) is 0 Å². The zero-order chi connectivity index (χ0) is 29.6. The molecule has 10 nitrogen and oxygen atoms in total.